The molecule has 1 unspecified atom stereocenters. The Morgan fingerprint density at radius 2 is 1.97 bits per heavy atom. The number of aromatic nitrogens is 4. The molecular formula is C23H18F4N6O. The molecule has 0 radical (unpaired) electrons. The molecule has 1 saturated heterocycles. The maximum absolute atomic E-state index is 15.5. The van der Waals surface area contributed by atoms with E-state index in [0.717, 1.165) is 10.4 Å². The van der Waals surface area contributed by atoms with Crippen LogP contribution >= 0.6 is 0 Å². The van der Waals surface area contributed by atoms with Crippen molar-refractivity contribution in [1.82, 2.24) is 20.2 Å². The topological polar surface area (TPSA) is 80.9 Å². The van der Waals surface area contributed by atoms with E-state index in [9.17, 15) is 13.6 Å². The molecule has 2 aromatic carbocycles. The molecule has 4 heterocycles. The number of carbonyl (C=O) groups excluding carboxylic acids is 1. The predicted octanol–water partition coefficient (Wildman–Crippen LogP) is 4.47. The molecule has 2 aliphatic heterocycles. The Balaban J connectivity index is 1.48. The minimum atomic E-state index is -2.95. The van der Waals surface area contributed by atoms with Gasteiger partial charge in [0, 0.05) is 35.5 Å². The number of benzene rings is 2. The standard InChI is InChI=1S/C23H18F4N6O/c1-11-17-20(31-30-11)22(34)33(12-2-4-14-15(8-12)29-10-28-14)21(17)13-3-5-16(19(25)18(13)24)32-7-6-23(26,27)9-32/h2-5,8,10,21H,6-7,9H2,1H3,(H,28,29)(H,30,31). The van der Waals surface area contributed by atoms with Crippen molar-refractivity contribution in [2.45, 2.75) is 25.3 Å². The van der Waals surface area contributed by atoms with E-state index in [-0.39, 0.29) is 23.5 Å². The number of nitrogens with one attached hydrogen (secondary N) is 2. The summed E-state index contributed by atoms with van der Waals surface area (Å²) in [6, 6.07) is 6.75. The monoisotopic (exact) mass is 470 g/mol. The Hall–Kier alpha value is -3.89. The van der Waals surface area contributed by atoms with Gasteiger partial charge in [-0.3, -0.25) is 14.8 Å². The number of aryl methyl sites for hydroxylation is 1. The van der Waals surface area contributed by atoms with Crippen LogP contribution in [0.4, 0.5) is 28.9 Å². The zero-order chi connectivity index (χ0) is 23.8. The summed E-state index contributed by atoms with van der Waals surface area (Å²) in [5, 5.41) is 6.83. The number of halogens is 4. The van der Waals surface area contributed by atoms with Crippen molar-refractivity contribution >= 4 is 28.3 Å². The van der Waals surface area contributed by atoms with Gasteiger partial charge in [0.2, 0.25) is 0 Å². The Bertz CT molecular complexity index is 1460. The van der Waals surface area contributed by atoms with Crippen molar-refractivity contribution in [3.63, 3.8) is 0 Å². The van der Waals surface area contributed by atoms with Crippen molar-refractivity contribution in [3.8, 4) is 0 Å². The maximum Gasteiger partial charge on any atom is 0.280 e. The number of hydrogen-bond acceptors (Lipinski definition) is 4. The first-order valence-corrected chi connectivity index (χ1v) is 10.7. The van der Waals surface area contributed by atoms with Crippen LogP contribution in [0.1, 0.15) is 39.8 Å². The largest absolute Gasteiger partial charge is 0.363 e. The quantitative estimate of drug-likeness (QED) is 0.433. The van der Waals surface area contributed by atoms with Gasteiger partial charge >= 0.3 is 0 Å². The summed E-state index contributed by atoms with van der Waals surface area (Å²) in [4.78, 5) is 23.0. The smallest absolute Gasteiger partial charge is 0.280 e. The van der Waals surface area contributed by atoms with Crippen molar-refractivity contribution in [1.29, 1.82) is 0 Å². The predicted molar refractivity (Wildman–Crippen MR) is 116 cm³/mol. The highest BCUT2D eigenvalue weighted by molar-refractivity contribution is 6.11. The Kier molecular flexibility index (Phi) is 4.29. The van der Waals surface area contributed by atoms with Gasteiger partial charge in [-0.2, -0.15) is 5.10 Å². The van der Waals surface area contributed by atoms with Gasteiger partial charge in [0.15, 0.2) is 17.3 Å². The number of nitrogens with zero attached hydrogens (tertiary/aromatic N) is 4. The van der Waals surface area contributed by atoms with Crippen LogP contribution < -0.4 is 9.80 Å². The van der Waals surface area contributed by atoms with Gasteiger partial charge in [-0.15, -0.1) is 0 Å². The number of anilines is 2. The van der Waals surface area contributed by atoms with E-state index in [1.54, 1.807) is 25.1 Å². The van der Waals surface area contributed by atoms with Gasteiger partial charge in [-0.1, -0.05) is 6.07 Å². The molecule has 0 saturated carbocycles. The first-order chi connectivity index (χ1) is 16.2. The van der Waals surface area contributed by atoms with E-state index in [1.165, 1.54) is 23.4 Å². The summed E-state index contributed by atoms with van der Waals surface area (Å²) in [6.07, 6.45) is 1.09. The van der Waals surface area contributed by atoms with Crippen LogP contribution in [0.3, 0.4) is 0 Å². The van der Waals surface area contributed by atoms with Gasteiger partial charge in [-0.25, -0.2) is 22.5 Å². The molecule has 7 nitrogen and oxygen atoms in total. The van der Waals surface area contributed by atoms with Gasteiger partial charge in [0.1, 0.15) is 0 Å². The van der Waals surface area contributed by atoms with E-state index < -0.39 is 42.5 Å². The van der Waals surface area contributed by atoms with E-state index >= 15 is 8.78 Å². The Labute approximate surface area is 190 Å². The van der Waals surface area contributed by atoms with Gasteiger partial charge in [-0.05, 0) is 31.2 Å². The Morgan fingerprint density at radius 3 is 2.74 bits per heavy atom. The molecule has 2 aromatic heterocycles. The summed E-state index contributed by atoms with van der Waals surface area (Å²) in [7, 11) is 0. The van der Waals surface area contributed by atoms with Gasteiger partial charge in [0.25, 0.3) is 11.8 Å². The average molecular weight is 470 g/mol. The van der Waals surface area contributed by atoms with Crippen molar-refractivity contribution in [2.24, 2.45) is 0 Å². The Morgan fingerprint density at radius 1 is 1.15 bits per heavy atom. The first-order valence-electron chi connectivity index (χ1n) is 10.7. The molecule has 1 amide bonds. The van der Waals surface area contributed by atoms with Crippen LogP contribution in [0.2, 0.25) is 0 Å². The van der Waals surface area contributed by atoms with E-state index in [1.807, 2.05) is 0 Å². The summed E-state index contributed by atoms with van der Waals surface area (Å²) in [5.41, 5.74) is 2.57. The second kappa shape index (κ2) is 7.05. The van der Waals surface area contributed by atoms with E-state index in [0.29, 0.717) is 22.5 Å². The van der Waals surface area contributed by atoms with Crippen molar-refractivity contribution < 1.29 is 22.4 Å². The number of amides is 1. The zero-order valence-corrected chi connectivity index (χ0v) is 17.9. The fraction of sp³-hybridized carbons (Fsp3) is 0.261. The minimum Gasteiger partial charge on any atom is -0.363 e. The molecule has 34 heavy (non-hydrogen) atoms. The third kappa shape index (κ3) is 2.92. The van der Waals surface area contributed by atoms with E-state index in [4.69, 9.17) is 0 Å². The molecule has 0 spiro atoms. The number of hydrogen-bond donors (Lipinski definition) is 2. The number of imidazole rings is 1. The molecule has 174 valence electrons. The van der Waals surface area contributed by atoms with Gasteiger partial charge in [0.05, 0.1) is 35.6 Å². The first kappa shape index (κ1) is 20.7. The number of carbonyl (C=O) groups is 1. The highest BCUT2D eigenvalue weighted by Crippen LogP contribution is 2.45. The number of alkyl halides is 2. The number of aromatic amines is 2. The normalized spacial score (nSPS) is 19.4. The molecular weight excluding hydrogens is 452 g/mol. The number of fused-ring (bicyclic) bond motifs is 2. The van der Waals surface area contributed by atoms with Crippen molar-refractivity contribution in [3.05, 3.63) is 70.8 Å². The molecule has 1 fully saturated rings. The fourth-order valence-electron chi connectivity index (χ4n) is 4.88. The number of H-pyrrole nitrogens is 2. The molecule has 2 aliphatic rings. The van der Waals surface area contributed by atoms with Crippen LogP contribution in [0.15, 0.2) is 36.7 Å². The van der Waals surface area contributed by atoms with Crippen LogP contribution in [-0.2, 0) is 0 Å². The molecule has 1 atom stereocenters. The molecule has 11 heteroatoms. The highest BCUT2D eigenvalue weighted by atomic mass is 19.3. The molecule has 4 aromatic rings. The van der Waals surface area contributed by atoms with Gasteiger partial charge < -0.3 is 9.88 Å². The summed E-state index contributed by atoms with van der Waals surface area (Å²) in [5.74, 6) is -5.84. The van der Waals surface area contributed by atoms with E-state index in [2.05, 4.69) is 20.2 Å². The fourth-order valence-corrected chi connectivity index (χ4v) is 4.88. The molecule has 2 N–H and O–H groups in total. The molecule has 0 bridgehead atoms. The third-order valence-corrected chi connectivity index (χ3v) is 6.53. The second-order valence-corrected chi connectivity index (χ2v) is 8.62. The lowest BCUT2D eigenvalue weighted by atomic mass is 9.97. The SMILES string of the molecule is Cc1[nH]nc2c1C(c1ccc(N3CCC(F)(F)C3)c(F)c1F)N(c1ccc3[nH]cnc3c1)C2=O. The maximum atomic E-state index is 15.5. The molecule has 6 rings (SSSR count). The lowest BCUT2D eigenvalue weighted by Crippen LogP contribution is -2.30. The lowest BCUT2D eigenvalue weighted by Gasteiger charge is -2.28. The summed E-state index contributed by atoms with van der Waals surface area (Å²) in [6.45, 7) is 0.943. The van der Waals surface area contributed by atoms with Crippen molar-refractivity contribution in [2.75, 3.05) is 22.9 Å². The van der Waals surface area contributed by atoms with Crippen LogP contribution in [0.25, 0.3) is 11.0 Å². The van der Waals surface area contributed by atoms with Crippen LogP contribution in [-0.4, -0.2) is 45.1 Å². The lowest BCUT2D eigenvalue weighted by molar-refractivity contribution is 0.0256. The summed E-state index contributed by atoms with van der Waals surface area (Å²) < 4.78 is 58.1. The highest BCUT2D eigenvalue weighted by Gasteiger charge is 2.45. The van der Waals surface area contributed by atoms with Crippen LogP contribution in [0.5, 0.6) is 0 Å². The zero-order valence-electron chi connectivity index (χ0n) is 17.9. The minimum absolute atomic E-state index is 0.0780. The average Bonchev–Trinajstić information content (AvgIpc) is 3.55. The third-order valence-electron chi connectivity index (χ3n) is 6.53. The molecule has 0 aliphatic carbocycles. The van der Waals surface area contributed by atoms with Crippen LogP contribution in [0, 0.1) is 18.6 Å². The second-order valence-electron chi connectivity index (χ2n) is 8.62. The summed E-state index contributed by atoms with van der Waals surface area (Å²) >= 11 is 0. The number of rotatable bonds is 3.